The highest BCUT2D eigenvalue weighted by Crippen LogP contribution is 2.21. The lowest BCUT2D eigenvalue weighted by molar-refractivity contribution is -0.151. The highest BCUT2D eigenvalue weighted by atomic mass is 16.6. The second-order valence-electron chi connectivity index (χ2n) is 10.6. The zero-order chi connectivity index (χ0) is 32.5. The summed E-state index contributed by atoms with van der Waals surface area (Å²) < 4.78 is 12.3. The van der Waals surface area contributed by atoms with Crippen molar-refractivity contribution in [1.29, 1.82) is 0 Å². The molecule has 3 N–H and O–H groups in total. The molecule has 0 spiro atoms. The number of aliphatic imine (C=N–C) groups is 1. The van der Waals surface area contributed by atoms with E-state index in [1.165, 1.54) is 4.90 Å². The fourth-order valence-electron chi connectivity index (χ4n) is 4.51. The number of benzene rings is 2. The molecule has 0 aliphatic rings. The molecule has 45 heavy (non-hydrogen) atoms. The summed E-state index contributed by atoms with van der Waals surface area (Å²) in [5, 5.41) is 3.36. The molecule has 4 aromatic rings. The molecule has 4 rings (SSSR count). The number of anilines is 2. The molecule has 0 fully saturated rings. The number of esters is 2. The molecule has 1 atom stereocenters. The number of fused-ring (bicyclic) bond motifs is 1. The third-order valence-electron chi connectivity index (χ3n) is 6.95. The monoisotopic (exact) mass is 613 g/mol. The van der Waals surface area contributed by atoms with Gasteiger partial charge >= 0.3 is 11.9 Å². The molecule has 12 heteroatoms. The summed E-state index contributed by atoms with van der Waals surface area (Å²) in [5.74, 6) is 0.237. The molecule has 0 radical (unpaired) electrons. The van der Waals surface area contributed by atoms with Crippen molar-refractivity contribution in [2.45, 2.75) is 46.9 Å². The van der Waals surface area contributed by atoms with Crippen LogP contribution >= 0.6 is 0 Å². The van der Waals surface area contributed by atoms with Crippen molar-refractivity contribution in [3.8, 4) is 0 Å². The number of amides is 1. The van der Waals surface area contributed by atoms with Crippen molar-refractivity contribution < 1.29 is 23.9 Å². The number of imidazole rings is 1. The Morgan fingerprint density at radius 3 is 2.44 bits per heavy atom. The SMILES string of the molecule is CCOC(=O)CCN(C(=O)c1ccc2c(c1)nc(CNc1ccc(/C(N)=N/C(C)OC(=O)C(C)C)cc1)n2C)c1ccccn1. The average Bonchev–Trinajstić information content (AvgIpc) is 3.35. The summed E-state index contributed by atoms with van der Waals surface area (Å²) >= 11 is 0. The average molecular weight is 614 g/mol. The Morgan fingerprint density at radius 2 is 1.78 bits per heavy atom. The van der Waals surface area contributed by atoms with E-state index in [0.29, 0.717) is 29.0 Å². The van der Waals surface area contributed by atoms with Gasteiger partial charge in [-0.1, -0.05) is 19.9 Å². The highest BCUT2D eigenvalue weighted by Gasteiger charge is 2.21. The first-order valence-electron chi connectivity index (χ1n) is 14.8. The van der Waals surface area contributed by atoms with Gasteiger partial charge in [0.2, 0.25) is 0 Å². The minimum atomic E-state index is -0.686. The first kappa shape index (κ1) is 32.6. The van der Waals surface area contributed by atoms with Crippen molar-refractivity contribution >= 4 is 46.2 Å². The van der Waals surface area contributed by atoms with Crippen LogP contribution in [0.2, 0.25) is 0 Å². The van der Waals surface area contributed by atoms with Crippen molar-refractivity contribution in [1.82, 2.24) is 14.5 Å². The lowest BCUT2D eigenvalue weighted by atomic mass is 10.1. The number of nitrogens with two attached hydrogens (primary N) is 1. The van der Waals surface area contributed by atoms with Gasteiger partial charge in [0.1, 0.15) is 17.5 Å². The van der Waals surface area contributed by atoms with Crippen LogP contribution < -0.4 is 16.0 Å². The minimum absolute atomic E-state index is 0.0466. The normalized spacial score (nSPS) is 12.2. The van der Waals surface area contributed by atoms with Gasteiger partial charge in [-0.2, -0.15) is 0 Å². The van der Waals surface area contributed by atoms with Gasteiger partial charge in [0.15, 0.2) is 6.23 Å². The Bertz CT molecular complexity index is 1670. The standard InChI is InChI=1S/C33H39N7O5/c1-6-44-30(41)16-18-40(28-9-7-8-17-35-28)32(42)24-12-15-27-26(19-24)38-29(39(27)5)20-36-25-13-10-23(11-14-25)31(34)37-22(4)45-33(43)21(2)3/h7-15,17,19,21-22,36H,6,16,18,20H2,1-5H3,(H2,34,37). The van der Waals surface area contributed by atoms with E-state index in [1.54, 1.807) is 64.2 Å². The van der Waals surface area contributed by atoms with Crippen LogP contribution in [0.1, 0.15) is 55.9 Å². The van der Waals surface area contributed by atoms with Crippen LogP contribution in [0.5, 0.6) is 0 Å². The molecule has 0 saturated heterocycles. The van der Waals surface area contributed by atoms with Crippen LogP contribution in [0.25, 0.3) is 11.0 Å². The molecule has 2 aromatic carbocycles. The highest BCUT2D eigenvalue weighted by molar-refractivity contribution is 6.07. The maximum absolute atomic E-state index is 13.6. The van der Waals surface area contributed by atoms with E-state index < -0.39 is 6.23 Å². The van der Waals surface area contributed by atoms with Gasteiger partial charge in [-0.25, -0.2) is 15.0 Å². The Morgan fingerprint density at radius 1 is 1.04 bits per heavy atom. The molecule has 0 bridgehead atoms. The lowest BCUT2D eigenvalue weighted by Gasteiger charge is -2.21. The van der Waals surface area contributed by atoms with Crippen LogP contribution in [0.3, 0.4) is 0 Å². The smallest absolute Gasteiger partial charge is 0.310 e. The molecule has 2 aromatic heterocycles. The number of nitrogens with one attached hydrogen (secondary N) is 1. The topological polar surface area (TPSA) is 154 Å². The molecular weight excluding hydrogens is 574 g/mol. The number of rotatable bonds is 13. The number of nitrogens with zero attached hydrogens (tertiary/aromatic N) is 5. The number of hydrogen-bond donors (Lipinski definition) is 2. The summed E-state index contributed by atoms with van der Waals surface area (Å²) in [5.41, 5.74) is 9.64. The number of amidine groups is 1. The van der Waals surface area contributed by atoms with Gasteiger partial charge in [-0.3, -0.25) is 19.3 Å². The third-order valence-corrected chi connectivity index (χ3v) is 6.95. The predicted octanol–water partition coefficient (Wildman–Crippen LogP) is 4.43. The maximum atomic E-state index is 13.6. The third kappa shape index (κ3) is 8.43. The molecule has 12 nitrogen and oxygen atoms in total. The van der Waals surface area contributed by atoms with Crippen molar-refractivity contribution in [2.75, 3.05) is 23.4 Å². The Labute approximate surface area is 262 Å². The number of hydrogen-bond acceptors (Lipinski definition) is 9. The minimum Gasteiger partial charge on any atom is -0.466 e. The number of carbonyl (C=O) groups excluding carboxylic acids is 3. The first-order chi connectivity index (χ1) is 21.6. The molecular formula is C33H39N7O5. The van der Waals surface area contributed by atoms with E-state index in [0.717, 1.165) is 17.0 Å². The van der Waals surface area contributed by atoms with Crippen LogP contribution in [0.4, 0.5) is 11.5 Å². The quantitative estimate of drug-likeness (QED) is 0.127. The fourth-order valence-corrected chi connectivity index (χ4v) is 4.51. The Hall–Kier alpha value is -5.26. The lowest BCUT2D eigenvalue weighted by Crippen LogP contribution is -2.34. The summed E-state index contributed by atoms with van der Waals surface area (Å²) in [6, 6.07) is 18.1. The van der Waals surface area contributed by atoms with E-state index in [1.807, 2.05) is 41.9 Å². The van der Waals surface area contributed by atoms with Crippen LogP contribution in [0, 0.1) is 5.92 Å². The van der Waals surface area contributed by atoms with Gasteiger partial charge in [0.25, 0.3) is 5.91 Å². The van der Waals surface area contributed by atoms with E-state index in [4.69, 9.17) is 20.2 Å². The number of aromatic nitrogens is 3. The van der Waals surface area contributed by atoms with E-state index in [9.17, 15) is 14.4 Å². The zero-order valence-electron chi connectivity index (χ0n) is 26.2. The first-order valence-corrected chi connectivity index (χ1v) is 14.8. The van der Waals surface area contributed by atoms with E-state index >= 15 is 0 Å². The van der Waals surface area contributed by atoms with Crippen LogP contribution in [-0.2, 0) is 32.7 Å². The number of carbonyl (C=O) groups is 3. The number of ether oxygens (including phenoxy) is 2. The van der Waals surface area contributed by atoms with Crippen molar-refractivity contribution in [2.24, 2.45) is 23.7 Å². The van der Waals surface area contributed by atoms with Crippen LogP contribution in [0.15, 0.2) is 71.9 Å². The zero-order valence-corrected chi connectivity index (χ0v) is 26.2. The van der Waals surface area contributed by atoms with E-state index in [2.05, 4.69) is 15.3 Å². The maximum Gasteiger partial charge on any atom is 0.310 e. The fraction of sp³-hybridized carbons (Fsp3) is 0.333. The second-order valence-corrected chi connectivity index (χ2v) is 10.6. The molecule has 1 amide bonds. The number of aryl methyl sites for hydroxylation is 1. The summed E-state index contributed by atoms with van der Waals surface area (Å²) in [6.45, 7) is 7.76. The Kier molecular flexibility index (Phi) is 10.9. The van der Waals surface area contributed by atoms with Gasteiger partial charge in [0.05, 0.1) is 36.5 Å². The summed E-state index contributed by atoms with van der Waals surface area (Å²) in [6.07, 6.45) is 0.962. The molecule has 2 heterocycles. The predicted molar refractivity (Wildman–Crippen MR) is 173 cm³/mol. The summed E-state index contributed by atoms with van der Waals surface area (Å²) in [4.78, 5) is 52.3. The van der Waals surface area contributed by atoms with Crippen LogP contribution in [-0.4, -0.2) is 57.6 Å². The van der Waals surface area contributed by atoms with E-state index in [-0.39, 0.29) is 49.2 Å². The molecule has 0 saturated carbocycles. The van der Waals surface area contributed by atoms with Gasteiger partial charge < -0.3 is 25.1 Å². The molecule has 1 unspecified atom stereocenters. The molecule has 236 valence electrons. The van der Waals surface area contributed by atoms with Crippen molar-refractivity contribution in [3.63, 3.8) is 0 Å². The van der Waals surface area contributed by atoms with Gasteiger partial charge in [0, 0.05) is 36.6 Å². The van der Waals surface area contributed by atoms with Gasteiger partial charge in [-0.15, -0.1) is 0 Å². The Balaban J connectivity index is 1.45. The number of pyridine rings is 1. The molecule has 0 aliphatic carbocycles. The van der Waals surface area contributed by atoms with Gasteiger partial charge in [-0.05, 0) is 68.4 Å². The largest absolute Gasteiger partial charge is 0.466 e. The van der Waals surface area contributed by atoms with Crippen molar-refractivity contribution in [3.05, 3.63) is 83.8 Å². The second kappa shape index (κ2) is 15.0. The molecule has 0 aliphatic heterocycles. The summed E-state index contributed by atoms with van der Waals surface area (Å²) in [7, 11) is 1.92.